The Morgan fingerprint density at radius 3 is 2.21 bits per heavy atom. The fraction of sp³-hybridized carbons (Fsp3) is 0.192. The summed E-state index contributed by atoms with van der Waals surface area (Å²) in [5.74, 6) is -4.40. The van der Waals surface area contributed by atoms with E-state index < -0.39 is 29.2 Å². The predicted molar refractivity (Wildman–Crippen MR) is 120 cm³/mol. The molecule has 5 rings (SSSR count). The number of hydrogen-bond donors (Lipinski definition) is 2. The fourth-order valence-electron chi connectivity index (χ4n) is 4.70. The molecule has 2 N–H and O–H groups in total. The standard InChI is InChI=1S/C26H20F3NO4/c27-17-5-7-18(8-6-17)30-23(15-9-11-34-12-10-15)21(14-1-3-16(4-2-14)26(32)33)22-24(30)19(28)13-20(29)25(22)31/h1-8,13,15,31H,9-12H2,(H,32,33). The molecule has 5 nitrogen and oxygen atoms in total. The molecule has 1 saturated heterocycles. The molecule has 0 atom stereocenters. The van der Waals surface area contributed by atoms with Gasteiger partial charge >= 0.3 is 5.97 Å². The van der Waals surface area contributed by atoms with Crippen molar-refractivity contribution in [3.05, 3.63) is 83.3 Å². The summed E-state index contributed by atoms with van der Waals surface area (Å²) in [6.07, 6.45) is 1.20. The van der Waals surface area contributed by atoms with Gasteiger partial charge in [0, 0.05) is 42.1 Å². The number of ether oxygens (including phenoxy) is 1. The Labute approximate surface area is 192 Å². The van der Waals surface area contributed by atoms with Crippen LogP contribution in [0.1, 0.15) is 34.8 Å². The highest BCUT2D eigenvalue weighted by molar-refractivity contribution is 6.04. The van der Waals surface area contributed by atoms with E-state index in [1.807, 2.05) is 0 Å². The number of halogens is 3. The van der Waals surface area contributed by atoms with Crippen LogP contribution in [-0.4, -0.2) is 34.0 Å². The molecule has 0 bridgehead atoms. The molecule has 1 aromatic heterocycles. The van der Waals surface area contributed by atoms with Gasteiger partial charge in [-0.25, -0.2) is 18.0 Å². The molecule has 0 unspecified atom stereocenters. The molecular weight excluding hydrogens is 447 g/mol. The van der Waals surface area contributed by atoms with Crippen LogP contribution >= 0.6 is 0 Å². The zero-order valence-electron chi connectivity index (χ0n) is 17.9. The van der Waals surface area contributed by atoms with Gasteiger partial charge in [-0.2, -0.15) is 0 Å². The van der Waals surface area contributed by atoms with Crippen molar-refractivity contribution >= 4 is 16.9 Å². The van der Waals surface area contributed by atoms with Crippen LogP contribution in [0.3, 0.4) is 0 Å². The van der Waals surface area contributed by atoms with Crippen molar-refractivity contribution in [1.82, 2.24) is 4.57 Å². The van der Waals surface area contributed by atoms with Crippen molar-refractivity contribution in [3.8, 4) is 22.6 Å². The average Bonchev–Trinajstić information content (AvgIpc) is 3.20. The molecule has 0 saturated carbocycles. The summed E-state index contributed by atoms with van der Waals surface area (Å²) in [7, 11) is 0. The minimum absolute atomic E-state index is 0.0219. The largest absolute Gasteiger partial charge is 0.504 e. The lowest BCUT2D eigenvalue weighted by Crippen LogP contribution is -2.17. The van der Waals surface area contributed by atoms with Gasteiger partial charge in [-0.15, -0.1) is 0 Å². The number of rotatable bonds is 4. The van der Waals surface area contributed by atoms with Gasteiger partial charge in [0.25, 0.3) is 0 Å². The monoisotopic (exact) mass is 467 g/mol. The summed E-state index contributed by atoms with van der Waals surface area (Å²) >= 11 is 0. The number of phenols is 1. The van der Waals surface area contributed by atoms with Crippen LogP contribution in [0.2, 0.25) is 0 Å². The Bertz CT molecular complexity index is 1390. The van der Waals surface area contributed by atoms with Crippen molar-refractivity contribution in [2.45, 2.75) is 18.8 Å². The second-order valence-electron chi connectivity index (χ2n) is 8.25. The van der Waals surface area contributed by atoms with Crippen molar-refractivity contribution in [1.29, 1.82) is 0 Å². The van der Waals surface area contributed by atoms with Gasteiger partial charge < -0.3 is 19.5 Å². The number of carboxylic acid groups (broad SMARTS) is 1. The van der Waals surface area contributed by atoms with Crippen LogP contribution in [0.15, 0.2) is 54.6 Å². The van der Waals surface area contributed by atoms with Gasteiger partial charge in [-0.1, -0.05) is 12.1 Å². The highest BCUT2D eigenvalue weighted by Gasteiger charge is 2.31. The minimum atomic E-state index is -1.11. The van der Waals surface area contributed by atoms with Crippen molar-refractivity contribution < 1.29 is 32.9 Å². The molecular formula is C26H20F3NO4. The normalized spacial score (nSPS) is 14.6. The van der Waals surface area contributed by atoms with Crippen LogP contribution in [-0.2, 0) is 4.74 Å². The van der Waals surface area contributed by atoms with Gasteiger partial charge in [-0.05, 0) is 54.8 Å². The number of aromatic carboxylic acids is 1. The van der Waals surface area contributed by atoms with E-state index >= 15 is 4.39 Å². The molecule has 34 heavy (non-hydrogen) atoms. The van der Waals surface area contributed by atoms with Crippen LogP contribution in [0.5, 0.6) is 5.75 Å². The molecule has 0 aliphatic carbocycles. The topological polar surface area (TPSA) is 71.7 Å². The van der Waals surface area contributed by atoms with Crippen LogP contribution in [0.4, 0.5) is 13.2 Å². The molecule has 1 fully saturated rings. The lowest BCUT2D eigenvalue weighted by atomic mass is 9.89. The third-order valence-corrected chi connectivity index (χ3v) is 6.26. The molecule has 0 amide bonds. The van der Waals surface area contributed by atoms with E-state index in [0.717, 1.165) is 0 Å². The fourth-order valence-corrected chi connectivity index (χ4v) is 4.70. The Kier molecular flexibility index (Phi) is 5.53. The molecule has 174 valence electrons. The number of nitrogens with zero attached hydrogens (tertiary/aromatic N) is 1. The van der Waals surface area contributed by atoms with E-state index in [0.29, 0.717) is 54.6 Å². The number of aromatic hydroxyl groups is 1. The number of benzene rings is 3. The molecule has 4 aromatic rings. The summed E-state index contributed by atoms with van der Waals surface area (Å²) in [4.78, 5) is 11.3. The molecule has 0 radical (unpaired) electrons. The maximum Gasteiger partial charge on any atom is 0.335 e. The van der Waals surface area contributed by atoms with E-state index in [1.54, 1.807) is 16.7 Å². The van der Waals surface area contributed by atoms with Crippen LogP contribution in [0.25, 0.3) is 27.7 Å². The van der Waals surface area contributed by atoms with Crippen LogP contribution in [0, 0.1) is 17.5 Å². The maximum absolute atomic E-state index is 15.4. The number of phenolic OH excluding ortho intramolecular Hbond substituents is 1. The van der Waals surface area contributed by atoms with Gasteiger partial charge in [0.15, 0.2) is 17.4 Å². The summed E-state index contributed by atoms with van der Waals surface area (Å²) in [6.45, 7) is 0.936. The summed E-state index contributed by atoms with van der Waals surface area (Å²) in [6, 6.07) is 12.0. The molecule has 1 aliphatic heterocycles. The van der Waals surface area contributed by atoms with Crippen molar-refractivity contribution in [2.24, 2.45) is 0 Å². The van der Waals surface area contributed by atoms with Crippen LogP contribution < -0.4 is 0 Å². The highest BCUT2D eigenvalue weighted by atomic mass is 19.1. The quantitative estimate of drug-likeness (QED) is 0.386. The Morgan fingerprint density at radius 2 is 1.59 bits per heavy atom. The second kappa shape index (κ2) is 8.53. The van der Waals surface area contributed by atoms with E-state index in [9.17, 15) is 23.8 Å². The smallest absolute Gasteiger partial charge is 0.335 e. The van der Waals surface area contributed by atoms with Gasteiger partial charge in [0.1, 0.15) is 5.82 Å². The first-order valence-electron chi connectivity index (χ1n) is 10.8. The average molecular weight is 467 g/mol. The number of hydrogen-bond acceptors (Lipinski definition) is 3. The lowest BCUT2D eigenvalue weighted by molar-refractivity contribution is 0.0697. The molecule has 0 spiro atoms. The van der Waals surface area contributed by atoms with Gasteiger partial charge in [-0.3, -0.25) is 0 Å². The number of carbonyl (C=O) groups is 1. The van der Waals surface area contributed by atoms with Crippen molar-refractivity contribution in [2.75, 3.05) is 13.2 Å². The van der Waals surface area contributed by atoms with E-state index in [1.165, 1.54) is 36.4 Å². The summed E-state index contributed by atoms with van der Waals surface area (Å²) < 4.78 is 50.7. The minimum Gasteiger partial charge on any atom is -0.504 e. The predicted octanol–water partition coefficient (Wildman–Crippen LogP) is 6.01. The first-order valence-corrected chi connectivity index (χ1v) is 10.8. The summed E-state index contributed by atoms with van der Waals surface area (Å²) in [5, 5.41) is 20.0. The highest BCUT2D eigenvalue weighted by Crippen LogP contribution is 2.47. The van der Waals surface area contributed by atoms with E-state index in [-0.39, 0.29) is 22.4 Å². The Hall–Kier alpha value is -3.78. The lowest BCUT2D eigenvalue weighted by Gasteiger charge is -2.26. The molecule has 3 aromatic carbocycles. The third kappa shape index (κ3) is 3.60. The van der Waals surface area contributed by atoms with E-state index in [2.05, 4.69) is 0 Å². The van der Waals surface area contributed by atoms with Crippen molar-refractivity contribution in [3.63, 3.8) is 0 Å². The number of fused-ring (bicyclic) bond motifs is 1. The third-order valence-electron chi connectivity index (χ3n) is 6.26. The molecule has 1 aliphatic rings. The zero-order valence-corrected chi connectivity index (χ0v) is 17.9. The Morgan fingerprint density at radius 1 is 0.941 bits per heavy atom. The second-order valence-corrected chi connectivity index (χ2v) is 8.25. The maximum atomic E-state index is 15.4. The first kappa shape index (κ1) is 22.0. The van der Waals surface area contributed by atoms with Gasteiger partial charge in [0.2, 0.25) is 0 Å². The SMILES string of the molecule is O=C(O)c1ccc(-c2c(C3CCOCC3)n(-c3ccc(F)cc3)c3c(F)cc(F)c(O)c23)cc1. The zero-order chi connectivity index (χ0) is 24.0. The summed E-state index contributed by atoms with van der Waals surface area (Å²) in [5.41, 5.74) is 1.99. The molecule has 2 heterocycles. The number of carboxylic acids is 1. The molecule has 8 heteroatoms. The first-order chi connectivity index (χ1) is 16.4. The van der Waals surface area contributed by atoms with E-state index in [4.69, 9.17) is 4.74 Å². The van der Waals surface area contributed by atoms with Gasteiger partial charge in [0.05, 0.1) is 16.5 Å². The number of aromatic nitrogens is 1. The Balaban J connectivity index is 1.92.